The topological polar surface area (TPSA) is 58.4 Å². The first-order valence-electron chi connectivity index (χ1n) is 6.01. The van der Waals surface area contributed by atoms with E-state index in [4.69, 9.17) is 5.11 Å². The molecule has 0 spiro atoms. The molecule has 1 aromatic rings. The zero-order valence-corrected chi connectivity index (χ0v) is 10.8. The zero-order chi connectivity index (χ0) is 12.8. The highest BCUT2D eigenvalue weighted by molar-refractivity contribution is 5.92. The van der Waals surface area contributed by atoms with E-state index in [9.17, 15) is 4.79 Å². The van der Waals surface area contributed by atoms with Gasteiger partial charge in [0, 0.05) is 25.8 Å². The Morgan fingerprint density at radius 2 is 2.24 bits per heavy atom. The first-order valence-corrected chi connectivity index (χ1v) is 6.01. The second kappa shape index (κ2) is 6.39. The van der Waals surface area contributed by atoms with Crippen molar-refractivity contribution >= 4 is 5.91 Å². The summed E-state index contributed by atoms with van der Waals surface area (Å²) in [5.41, 5.74) is 1.40. The molecule has 1 heterocycles. The third-order valence-corrected chi connectivity index (χ3v) is 2.77. The predicted molar refractivity (Wildman–Crippen MR) is 65.8 cm³/mol. The molecule has 0 bridgehead atoms. The normalized spacial score (nSPS) is 10.6. The molecule has 0 saturated carbocycles. The molecule has 0 aliphatic rings. The van der Waals surface area contributed by atoms with Crippen molar-refractivity contribution < 1.29 is 9.90 Å². The maximum absolute atomic E-state index is 12.1. The van der Waals surface area contributed by atoms with E-state index >= 15 is 0 Å². The van der Waals surface area contributed by atoms with Gasteiger partial charge in [0.25, 0.3) is 5.91 Å². The van der Waals surface area contributed by atoms with Crippen LogP contribution in [0.4, 0.5) is 0 Å². The minimum absolute atomic E-state index is 0.0126. The molecule has 0 saturated heterocycles. The number of aromatic nitrogens is 2. The van der Waals surface area contributed by atoms with Gasteiger partial charge in [-0.1, -0.05) is 13.3 Å². The minimum atomic E-state index is -0.101. The summed E-state index contributed by atoms with van der Waals surface area (Å²) in [5.74, 6) is -0.101. The molecule has 5 nitrogen and oxygen atoms in total. The monoisotopic (exact) mass is 239 g/mol. The maximum atomic E-state index is 12.1. The lowest BCUT2D eigenvalue weighted by Gasteiger charge is -2.20. The van der Waals surface area contributed by atoms with Gasteiger partial charge in [0.15, 0.2) is 5.69 Å². The molecule has 0 aliphatic heterocycles. The molecule has 0 radical (unpaired) electrons. The molecule has 96 valence electrons. The van der Waals surface area contributed by atoms with Gasteiger partial charge >= 0.3 is 0 Å². The van der Waals surface area contributed by atoms with E-state index in [0.29, 0.717) is 18.8 Å². The second-order valence-electron chi connectivity index (χ2n) is 4.16. The fraction of sp³-hybridized carbons (Fsp3) is 0.667. The van der Waals surface area contributed by atoms with Crippen LogP contribution >= 0.6 is 0 Å². The summed E-state index contributed by atoms with van der Waals surface area (Å²) in [6.07, 6.45) is 1.97. The Kier molecular flexibility index (Phi) is 5.15. The number of unbranched alkanes of at least 4 members (excludes halogenated alkanes) is 1. The first kappa shape index (κ1) is 13.7. The number of amides is 1. The lowest BCUT2D eigenvalue weighted by molar-refractivity contribution is 0.0712. The Hall–Kier alpha value is -1.36. The smallest absolute Gasteiger partial charge is 0.274 e. The van der Waals surface area contributed by atoms with E-state index < -0.39 is 0 Å². The molecular formula is C12H21N3O2. The Morgan fingerprint density at radius 3 is 2.71 bits per heavy atom. The van der Waals surface area contributed by atoms with E-state index in [1.165, 1.54) is 0 Å². The molecule has 17 heavy (non-hydrogen) atoms. The van der Waals surface area contributed by atoms with Gasteiger partial charge in [-0.15, -0.1) is 0 Å². The molecule has 5 heteroatoms. The van der Waals surface area contributed by atoms with Crippen LogP contribution in [0.25, 0.3) is 0 Å². The number of carbonyl (C=O) groups is 1. The molecule has 0 aromatic carbocycles. The van der Waals surface area contributed by atoms with Gasteiger partial charge in [-0.05, 0) is 19.4 Å². The third kappa shape index (κ3) is 3.56. The Labute approximate surface area is 102 Å². The standard InChI is InChI=1S/C12H21N3O2/c1-4-5-6-15(7-8-16)12(17)11-9-10(2)14(3)13-11/h9,16H,4-8H2,1-3H3. The van der Waals surface area contributed by atoms with Crippen LogP contribution < -0.4 is 0 Å². The molecule has 1 aromatic heterocycles. The van der Waals surface area contributed by atoms with Crippen molar-refractivity contribution in [2.24, 2.45) is 7.05 Å². The van der Waals surface area contributed by atoms with Gasteiger partial charge < -0.3 is 10.0 Å². The van der Waals surface area contributed by atoms with Gasteiger partial charge in [0.2, 0.25) is 0 Å². The maximum Gasteiger partial charge on any atom is 0.274 e. The summed E-state index contributed by atoms with van der Waals surface area (Å²) in [7, 11) is 1.81. The van der Waals surface area contributed by atoms with Crippen LogP contribution in [0.2, 0.25) is 0 Å². The lowest BCUT2D eigenvalue weighted by atomic mass is 10.2. The van der Waals surface area contributed by atoms with Crippen LogP contribution in [0.5, 0.6) is 0 Å². The van der Waals surface area contributed by atoms with Crippen LogP contribution in [-0.4, -0.2) is 45.4 Å². The van der Waals surface area contributed by atoms with Crippen molar-refractivity contribution in [3.8, 4) is 0 Å². The largest absolute Gasteiger partial charge is 0.395 e. The van der Waals surface area contributed by atoms with Crippen molar-refractivity contribution in [3.63, 3.8) is 0 Å². The average Bonchev–Trinajstić information content (AvgIpc) is 2.64. The average molecular weight is 239 g/mol. The molecule has 0 atom stereocenters. The fourth-order valence-electron chi connectivity index (χ4n) is 1.61. The summed E-state index contributed by atoms with van der Waals surface area (Å²) in [4.78, 5) is 13.8. The highest BCUT2D eigenvalue weighted by Crippen LogP contribution is 2.06. The van der Waals surface area contributed by atoms with Crippen molar-refractivity contribution in [1.82, 2.24) is 14.7 Å². The summed E-state index contributed by atoms with van der Waals surface area (Å²) in [6, 6.07) is 1.78. The van der Waals surface area contributed by atoms with Gasteiger partial charge in [-0.25, -0.2) is 0 Å². The quantitative estimate of drug-likeness (QED) is 0.804. The number of aliphatic hydroxyl groups excluding tert-OH is 1. The van der Waals surface area contributed by atoms with E-state index in [0.717, 1.165) is 18.5 Å². The SMILES string of the molecule is CCCCN(CCO)C(=O)c1cc(C)n(C)n1. The minimum Gasteiger partial charge on any atom is -0.395 e. The number of nitrogens with zero attached hydrogens (tertiary/aromatic N) is 3. The predicted octanol–water partition coefficient (Wildman–Crippen LogP) is 0.963. The van der Waals surface area contributed by atoms with E-state index in [1.54, 1.807) is 15.6 Å². The number of hydrogen-bond acceptors (Lipinski definition) is 3. The molecule has 1 rings (SSSR count). The number of aryl methyl sites for hydroxylation is 2. The van der Waals surface area contributed by atoms with Crippen molar-refractivity contribution in [2.75, 3.05) is 19.7 Å². The van der Waals surface area contributed by atoms with Crippen molar-refractivity contribution in [1.29, 1.82) is 0 Å². The number of aliphatic hydroxyl groups is 1. The first-order chi connectivity index (χ1) is 8.10. The molecule has 1 amide bonds. The summed E-state index contributed by atoms with van der Waals surface area (Å²) >= 11 is 0. The molecule has 0 unspecified atom stereocenters. The Balaban J connectivity index is 2.76. The van der Waals surface area contributed by atoms with Crippen molar-refractivity contribution in [3.05, 3.63) is 17.5 Å². The summed E-state index contributed by atoms with van der Waals surface area (Å²) < 4.78 is 1.68. The molecule has 0 fully saturated rings. The summed E-state index contributed by atoms with van der Waals surface area (Å²) in [5, 5.41) is 13.1. The van der Waals surface area contributed by atoms with Crippen molar-refractivity contribution in [2.45, 2.75) is 26.7 Å². The highest BCUT2D eigenvalue weighted by atomic mass is 16.3. The molecular weight excluding hydrogens is 218 g/mol. The van der Waals surface area contributed by atoms with Gasteiger partial charge in [-0.2, -0.15) is 5.10 Å². The fourth-order valence-corrected chi connectivity index (χ4v) is 1.61. The van der Waals surface area contributed by atoms with E-state index in [1.807, 2.05) is 14.0 Å². The van der Waals surface area contributed by atoms with E-state index in [2.05, 4.69) is 12.0 Å². The van der Waals surface area contributed by atoms with Gasteiger partial charge in [0.05, 0.1) is 6.61 Å². The molecule has 0 aliphatic carbocycles. The zero-order valence-electron chi connectivity index (χ0n) is 10.8. The van der Waals surface area contributed by atoms with Crippen LogP contribution in [0.3, 0.4) is 0 Å². The Morgan fingerprint density at radius 1 is 1.53 bits per heavy atom. The van der Waals surface area contributed by atoms with Crippen LogP contribution in [0.1, 0.15) is 35.9 Å². The van der Waals surface area contributed by atoms with Gasteiger partial charge in [-0.3, -0.25) is 9.48 Å². The highest BCUT2D eigenvalue weighted by Gasteiger charge is 2.18. The summed E-state index contributed by atoms with van der Waals surface area (Å²) in [6.45, 7) is 5.01. The Bertz CT molecular complexity index is 354. The molecule has 1 N–H and O–H groups in total. The number of hydrogen-bond donors (Lipinski definition) is 1. The number of carbonyl (C=O) groups excluding carboxylic acids is 1. The van der Waals surface area contributed by atoms with E-state index in [-0.39, 0.29) is 12.5 Å². The van der Waals surface area contributed by atoms with Gasteiger partial charge in [0.1, 0.15) is 0 Å². The lowest BCUT2D eigenvalue weighted by Crippen LogP contribution is -2.34. The number of rotatable bonds is 6. The van der Waals surface area contributed by atoms with Crippen LogP contribution in [0, 0.1) is 6.92 Å². The van der Waals surface area contributed by atoms with Crippen LogP contribution in [-0.2, 0) is 7.05 Å². The second-order valence-corrected chi connectivity index (χ2v) is 4.16. The third-order valence-electron chi connectivity index (χ3n) is 2.77. The van der Waals surface area contributed by atoms with Crippen LogP contribution in [0.15, 0.2) is 6.07 Å².